The Morgan fingerprint density at radius 1 is 0.895 bits per heavy atom. The standard InChI is InChI=1S/C50H74N4O3/c1-32(2)40-24-25-50(45(56)52-47(6,7)44-51-42(34-16-12-11-13-17-34)31-54(44)29-28-53-26-14-15-27-53)48(8,9)46(4,5)43-39-20-18-35-30-36(57-33(3)55)19-21-37(35)38(39)22-23-41(43)49(40,50)10/h11-13,16-17,31,35-41,43H,1,14-15,18-30H2,2-10H3,(H,52,56). The van der Waals surface area contributed by atoms with E-state index in [1.807, 2.05) is 0 Å². The van der Waals surface area contributed by atoms with Gasteiger partial charge in [-0.25, -0.2) is 4.98 Å². The van der Waals surface area contributed by atoms with Gasteiger partial charge < -0.3 is 19.5 Å². The number of allylic oxidation sites excluding steroid dienone is 1. The molecule has 1 N–H and O–H groups in total. The van der Waals surface area contributed by atoms with Gasteiger partial charge in [0.2, 0.25) is 5.91 Å². The largest absolute Gasteiger partial charge is 0.463 e. The second-order valence-electron chi connectivity index (χ2n) is 21.7. The van der Waals surface area contributed by atoms with Crippen molar-refractivity contribution in [1.29, 1.82) is 0 Å². The number of esters is 1. The molecule has 10 unspecified atom stereocenters. The van der Waals surface area contributed by atoms with E-state index in [1.54, 1.807) is 6.92 Å². The summed E-state index contributed by atoms with van der Waals surface area (Å²) in [6, 6.07) is 10.5. The summed E-state index contributed by atoms with van der Waals surface area (Å²) in [6.07, 6.45) is 14.9. The maximum Gasteiger partial charge on any atom is 0.302 e. The van der Waals surface area contributed by atoms with E-state index in [4.69, 9.17) is 9.72 Å². The quantitative estimate of drug-likeness (QED) is 0.203. The Balaban J connectivity index is 1.14. The van der Waals surface area contributed by atoms with Gasteiger partial charge in [-0.05, 0) is 162 Å². The molecule has 7 nitrogen and oxygen atoms in total. The van der Waals surface area contributed by atoms with Gasteiger partial charge in [-0.3, -0.25) is 9.59 Å². The van der Waals surface area contributed by atoms with Crippen molar-refractivity contribution in [2.45, 2.75) is 151 Å². The second-order valence-corrected chi connectivity index (χ2v) is 21.7. The van der Waals surface area contributed by atoms with Crippen molar-refractivity contribution in [2.24, 2.45) is 63.1 Å². The van der Waals surface area contributed by atoms with Crippen LogP contribution in [0.1, 0.15) is 139 Å². The summed E-state index contributed by atoms with van der Waals surface area (Å²) in [5.41, 5.74) is 1.48. The zero-order chi connectivity index (χ0) is 40.7. The predicted molar refractivity (Wildman–Crippen MR) is 229 cm³/mol. The van der Waals surface area contributed by atoms with Gasteiger partial charge in [0.25, 0.3) is 0 Å². The van der Waals surface area contributed by atoms with Crippen LogP contribution in [-0.2, 0) is 26.4 Å². The molecule has 312 valence electrons. The van der Waals surface area contributed by atoms with Crippen LogP contribution in [0, 0.1) is 63.1 Å². The van der Waals surface area contributed by atoms with Gasteiger partial charge >= 0.3 is 5.97 Å². The SMILES string of the molecule is C=C(C)C1CCC2(C(=O)NC(C)(C)c3nc(-c4ccccc4)cn3CCN3CCCC3)C1(C)C1CCC3C4CCC(OC(C)=O)CC4CCC3C1C(C)(C)C2(C)C. The number of imidazole rings is 1. The molecule has 0 radical (unpaired) electrons. The normalized spacial score (nSPS) is 37.0. The van der Waals surface area contributed by atoms with Gasteiger partial charge in [0, 0.05) is 31.8 Å². The third kappa shape index (κ3) is 6.31. The second kappa shape index (κ2) is 14.7. The van der Waals surface area contributed by atoms with Crippen LogP contribution in [-0.4, -0.2) is 52.1 Å². The first kappa shape index (κ1) is 40.8. The van der Waals surface area contributed by atoms with E-state index < -0.39 is 11.0 Å². The minimum absolute atomic E-state index is 0.0670. The molecule has 0 spiro atoms. The monoisotopic (exact) mass is 779 g/mol. The molecule has 1 saturated heterocycles. The van der Waals surface area contributed by atoms with E-state index in [9.17, 15) is 4.79 Å². The first-order valence-electron chi connectivity index (χ1n) is 22.9. The number of aromatic nitrogens is 2. The Bertz CT molecular complexity index is 1840. The third-order valence-electron chi connectivity index (χ3n) is 18.4. The Morgan fingerprint density at radius 2 is 1.58 bits per heavy atom. The number of carbonyl (C=O) groups is 2. The molecule has 2 heterocycles. The number of hydrogen-bond donors (Lipinski definition) is 1. The minimum Gasteiger partial charge on any atom is -0.463 e. The predicted octanol–water partition coefficient (Wildman–Crippen LogP) is 10.4. The van der Waals surface area contributed by atoms with Crippen molar-refractivity contribution in [1.82, 2.24) is 19.8 Å². The van der Waals surface area contributed by atoms with Crippen LogP contribution >= 0.6 is 0 Å². The lowest BCUT2D eigenvalue weighted by Crippen LogP contribution is -2.73. The van der Waals surface area contributed by atoms with Crippen LogP contribution in [0.25, 0.3) is 11.3 Å². The van der Waals surface area contributed by atoms with Crippen molar-refractivity contribution >= 4 is 11.9 Å². The van der Waals surface area contributed by atoms with Gasteiger partial charge in [-0.15, -0.1) is 0 Å². The Labute approximate surface area is 344 Å². The summed E-state index contributed by atoms with van der Waals surface area (Å²) in [4.78, 5) is 35.9. The Hall–Kier alpha value is -2.93. The molecule has 1 amide bonds. The average molecular weight is 779 g/mol. The molecule has 1 aromatic carbocycles. The van der Waals surface area contributed by atoms with Crippen LogP contribution in [0.3, 0.4) is 0 Å². The van der Waals surface area contributed by atoms with E-state index in [1.165, 1.54) is 50.5 Å². The van der Waals surface area contributed by atoms with Crippen LogP contribution in [0.15, 0.2) is 48.7 Å². The van der Waals surface area contributed by atoms with Crippen LogP contribution in [0.4, 0.5) is 0 Å². The number of amides is 1. The van der Waals surface area contributed by atoms with Gasteiger partial charge in [0.15, 0.2) is 0 Å². The number of nitrogens with one attached hydrogen (secondary N) is 1. The molecule has 8 rings (SSSR count). The van der Waals surface area contributed by atoms with E-state index in [-0.39, 0.29) is 34.2 Å². The molecule has 1 aromatic heterocycles. The van der Waals surface area contributed by atoms with Crippen molar-refractivity contribution in [3.05, 3.63) is 54.5 Å². The summed E-state index contributed by atoms with van der Waals surface area (Å²) < 4.78 is 8.12. The maximum absolute atomic E-state index is 16.1. The smallest absolute Gasteiger partial charge is 0.302 e. The lowest BCUT2D eigenvalue weighted by atomic mass is 9.30. The summed E-state index contributed by atoms with van der Waals surface area (Å²) in [5.74, 6) is 5.05. The van der Waals surface area contributed by atoms with E-state index in [0.717, 1.165) is 74.9 Å². The number of carbonyl (C=O) groups excluding carboxylic acids is 2. The molecule has 6 aliphatic rings. The first-order valence-corrected chi connectivity index (χ1v) is 22.9. The summed E-state index contributed by atoms with van der Waals surface area (Å²) in [7, 11) is 0. The van der Waals surface area contributed by atoms with Crippen LogP contribution < -0.4 is 5.32 Å². The Kier molecular flexibility index (Phi) is 10.5. The molecule has 5 saturated carbocycles. The molecule has 1 aliphatic heterocycles. The number of fused-ring (bicyclic) bond motifs is 7. The highest BCUT2D eigenvalue weighted by Crippen LogP contribution is 2.81. The number of rotatable bonds is 9. The van der Waals surface area contributed by atoms with Crippen LogP contribution in [0.5, 0.6) is 0 Å². The summed E-state index contributed by atoms with van der Waals surface area (Å²) in [5, 5.41) is 3.82. The van der Waals surface area contributed by atoms with E-state index >= 15 is 4.79 Å². The zero-order valence-electron chi connectivity index (χ0n) is 37.0. The number of hydrogen-bond acceptors (Lipinski definition) is 5. The number of benzene rings is 1. The third-order valence-corrected chi connectivity index (χ3v) is 18.4. The molecule has 0 bridgehead atoms. The van der Waals surface area contributed by atoms with E-state index in [0.29, 0.717) is 35.5 Å². The summed E-state index contributed by atoms with van der Waals surface area (Å²) in [6.45, 7) is 29.7. The van der Waals surface area contributed by atoms with E-state index in [2.05, 4.69) is 113 Å². The minimum atomic E-state index is -0.690. The maximum atomic E-state index is 16.1. The Morgan fingerprint density at radius 3 is 2.26 bits per heavy atom. The number of likely N-dealkylation sites (tertiary alicyclic amines) is 1. The molecule has 7 heteroatoms. The highest BCUT2D eigenvalue weighted by Gasteiger charge is 2.79. The molecular formula is C50H74N4O3. The lowest BCUT2D eigenvalue weighted by Gasteiger charge is -2.74. The lowest BCUT2D eigenvalue weighted by molar-refractivity contribution is -0.258. The van der Waals surface area contributed by atoms with Crippen molar-refractivity contribution < 1.29 is 14.3 Å². The zero-order valence-corrected chi connectivity index (χ0v) is 37.0. The van der Waals surface area contributed by atoms with Gasteiger partial charge in [-0.2, -0.15) is 0 Å². The fourth-order valence-electron chi connectivity index (χ4n) is 15.5. The topological polar surface area (TPSA) is 76.5 Å². The van der Waals surface area contributed by atoms with Crippen LogP contribution in [0.2, 0.25) is 0 Å². The van der Waals surface area contributed by atoms with Crippen molar-refractivity contribution in [2.75, 3.05) is 19.6 Å². The average Bonchev–Trinajstić information content (AvgIpc) is 3.92. The van der Waals surface area contributed by atoms with Crippen molar-refractivity contribution in [3.63, 3.8) is 0 Å². The van der Waals surface area contributed by atoms with Gasteiger partial charge in [0.05, 0.1) is 16.6 Å². The molecular weight excluding hydrogens is 705 g/mol. The highest BCUT2D eigenvalue weighted by molar-refractivity contribution is 5.86. The molecule has 5 aliphatic carbocycles. The fraction of sp³-hybridized carbons (Fsp3) is 0.740. The van der Waals surface area contributed by atoms with Gasteiger partial charge in [0.1, 0.15) is 11.9 Å². The fourth-order valence-corrected chi connectivity index (χ4v) is 15.5. The first-order chi connectivity index (χ1) is 26.9. The summed E-state index contributed by atoms with van der Waals surface area (Å²) >= 11 is 0. The van der Waals surface area contributed by atoms with Gasteiger partial charge in [-0.1, -0.05) is 77.1 Å². The highest BCUT2D eigenvalue weighted by atomic mass is 16.5. The molecule has 2 aromatic rings. The molecule has 6 fully saturated rings. The number of ether oxygens (including phenoxy) is 1. The molecule has 57 heavy (non-hydrogen) atoms. The van der Waals surface area contributed by atoms with Crippen molar-refractivity contribution in [3.8, 4) is 11.3 Å². The molecule has 10 atom stereocenters. The number of nitrogens with zero attached hydrogens (tertiary/aromatic N) is 3.